The molecule has 1 atom stereocenters. The van der Waals surface area contributed by atoms with Gasteiger partial charge in [-0.2, -0.15) is 0 Å². The summed E-state index contributed by atoms with van der Waals surface area (Å²) in [5.41, 5.74) is 5.12. The number of carbonyl (C=O) groups is 1. The van der Waals surface area contributed by atoms with E-state index in [1.165, 1.54) is 5.56 Å². The number of rotatable bonds is 4. The Kier molecular flexibility index (Phi) is 4.83. The molecule has 0 aliphatic carbocycles. The highest BCUT2D eigenvalue weighted by Crippen LogP contribution is 2.28. The second kappa shape index (κ2) is 7.78. The van der Waals surface area contributed by atoms with Crippen molar-refractivity contribution in [3.8, 4) is 0 Å². The van der Waals surface area contributed by atoms with Crippen LogP contribution in [0, 0.1) is 12.8 Å². The molecule has 1 amide bonds. The highest BCUT2D eigenvalue weighted by Gasteiger charge is 2.28. The number of aryl methyl sites for hydroxylation is 1. The first-order chi connectivity index (χ1) is 14.7. The van der Waals surface area contributed by atoms with Crippen molar-refractivity contribution in [3.63, 3.8) is 0 Å². The van der Waals surface area contributed by atoms with Gasteiger partial charge in [-0.05, 0) is 49.6 Å². The third-order valence-electron chi connectivity index (χ3n) is 5.89. The smallest absolute Gasteiger partial charge is 0.225 e. The Balaban J connectivity index is 1.35. The van der Waals surface area contributed by atoms with E-state index in [0.29, 0.717) is 13.1 Å². The van der Waals surface area contributed by atoms with Crippen molar-refractivity contribution in [2.24, 2.45) is 5.92 Å². The molecule has 4 aromatic rings. The lowest BCUT2D eigenvalue weighted by atomic mass is 9.97. The molecule has 6 nitrogen and oxygen atoms in total. The van der Waals surface area contributed by atoms with Crippen LogP contribution in [0.3, 0.4) is 0 Å². The minimum Gasteiger partial charge on any atom is -0.354 e. The topological polar surface area (TPSA) is 62.5 Å². The lowest BCUT2D eigenvalue weighted by Gasteiger charge is -2.33. The summed E-state index contributed by atoms with van der Waals surface area (Å²) in [4.78, 5) is 24.4. The maximum absolute atomic E-state index is 12.9. The van der Waals surface area contributed by atoms with Crippen molar-refractivity contribution in [1.29, 1.82) is 0 Å². The zero-order valence-electron chi connectivity index (χ0n) is 17.1. The number of piperidine rings is 1. The molecule has 5 rings (SSSR count). The largest absolute Gasteiger partial charge is 0.354 e. The van der Waals surface area contributed by atoms with E-state index in [2.05, 4.69) is 56.9 Å². The molecule has 0 radical (unpaired) electrons. The standard InChI is InChI=1S/C24H25N5O/c1-17-8-10-18(11-9-17)15-26-24(30)19-5-3-13-28(16-19)23-21-7-4-14-29(21)20-6-2-12-25-22(20)27-23/h2,4,6-12,14,19H,3,5,13,15-16H2,1H3,(H,26,30)/t19-/m1/s1. The average molecular weight is 399 g/mol. The Bertz CT molecular complexity index is 1200. The van der Waals surface area contributed by atoms with E-state index in [1.54, 1.807) is 6.20 Å². The summed E-state index contributed by atoms with van der Waals surface area (Å²) in [5, 5.41) is 3.12. The van der Waals surface area contributed by atoms with Crippen LogP contribution in [0.15, 0.2) is 60.9 Å². The predicted octanol–water partition coefficient (Wildman–Crippen LogP) is 3.72. The van der Waals surface area contributed by atoms with Gasteiger partial charge in [-0.25, -0.2) is 9.97 Å². The number of carbonyl (C=O) groups excluding carboxylic acids is 1. The Morgan fingerprint density at radius 3 is 2.83 bits per heavy atom. The van der Waals surface area contributed by atoms with Crippen molar-refractivity contribution in [2.45, 2.75) is 26.3 Å². The monoisotopic (exact) mass is 399 g/mol. The molecule has 6 heteroatoms. The molecule has 0 unspecified atom stereocenters. The van der Waals surface area contributed by atoms with Crippen molar-refractivity contribution >= 4 is 28.4 Å². The lowest BCUT2D eigenvalue weighted by molar-refractivity contribution is -0.125. The zero-order valence-corrected chi connectivity index (χ0v) is 17.1. The van der Waals surface area contributed by atoms with Crippen LogP contribution in [-0.4, -0.2) is 33.4 Å². The number of anilines is 1. The van der Waals surface area contributed by atoms with Crippen LogP contribution < -0.4 is 10.2 Å². The van der Waals surface area contributed by atoms with Gasteiger partial charge in [0.1, 0.15) is 0 Å². The Morgan fingerprint density at radius 2 is 1.97 bits per heavy atom. The van der Waals surface area contributed by atoms with E-state index in [1.807, 2.05) is 24.4 Å². The first-order valence-corrected chi connectivity index (χ1v) is 10.5. The van der Waals surface area contributed by atoms with Crippen LogP contribution in [0.25, 0.3) is 16.7 Å². The Morgan fingerprint density at radius 1 is 1.13 bits per heavy atom. The number of nitrogens with zero attached hydrogens (tertiary/aromatic N) is 4. The van der Waals surface area contributed by atoms with Crippen molar-refractivity contribution in [1.82, 2.24) is 19.7 Å². The number of hydrogen-bond donors (Lipinski definition) is 1. The summed E-state index contributed by atoms with van der Waals surface area (Å²) in [6, 6.07) is 16.4. The van der Waals surface area contributed by atoms with Gasteiger partial charge in [-0.1, -0.05) is 29.8 Å². The van der Waals surface area contributed by atoms with Gasteiger partial charge in [0.2, 0.25) is 5.91 Å². The first kappa shape index (κ1) is 18.6. The first-order valence-electron chi connectivity index (χ1n) is 10.5. The SMILES string of the molecule is Cc1ccc(CNC(=O)[C@@H]2CCCN(c3nc4ncccc4n4cccc34)C2)cc1. The van der Waals surface area contributed by atoms with E-state index in [9.17, 15) is 4.79 Å². The highest BCUT2D eigenvalue weighted by molar-refractivity contribution is 5.84. The molecular formula is C24H25N5O. The number of aromatic nitrogens is 3. The van der Waals surface area contributed by atoms with Gasteiger partial charge in [0.05, 0.1) is 17.0 Å². The molecule has 0 saturated carbocycles. The van der Waals surface area contributed by atoms with Crippen molar-refractivity contribution < 1.29 is 4.79 Å². The van der Waals surface area contributed by atoms with E-state index in [-0.39, 0.29) is 11.8 Å². The summed E-state index contributed by atoms with van der Waals surface area (Å²) in [6.07, 6.45) is 5.68. The molecule has 3 aromatic heterocycles. The summed E-state index contributed by atoms with van der Waals surface area (Å²) in [5.74, 6) is 0.980. The third-order valence-corrected chi connectivity index (χ3v) is 5.89. The molecule has 1 aliphatic rings. The quantitative estimate of drug-likeness (QED) is 0.568. The third kappa shape index (κ3) is 3.49. The summed E-state index contributed by atoms with van der Waals surface area (Å²) in [7, 11) is 0. The molecule has 1 N–H and O–H groups in total. The van der Waals surface area contributed by atoms with Gasteiger partial charge < -0.3 is 14.6 Å². The number of amides is 1. The number of benzene rings is 1. The van der Waals surface area contributed by atoms with Crippen LogP contribution in [0.5, 0.6) is 0 Å². The van der Waals surface area contributed by atoms with E-state index in [0.717, 1.165) is 47.4 Å². The second-order valence-electron chi connectivity index (χ2n) is 8.03. The Hall–Kier alpha value is -3.41. The summed E-state index contributed by atoms with van der Waals surface area (Å²) >= 11 is 0. The van der Waals surface area contributed by atoms with Gasteiger partial charge in [0.15, 0.2) is 11.5 Å². The molecule has 0 spiro atoms. The number of hydrogen-bond acceptors (Lipinski definition) is 4. The van der Waals surface area contributed by atoms with Crippen LogP contribution in [0.2, 0.25) is 0 Å². The summed E-state index contributed by atoms with van der Waals surface area (Å²) in [6.45, 7) is 4.20. The molecule has 152 valence electrons. The number of pyridine rings is 1. The van der Waals surface area contributed by atoms with Crippen LogP contribution >= 0.6 is 0 Å². The van der Waals surface area contributed by atoms with Gasteiger partial charge in [0, 0.05) is 32.0 Å². The molecule has 4 heterocycles. The molecule has 1 aromatic carbocycles. The van der Waals surface area contributed by atoms with E-state index < -0.39 is 0 Å². The Labute approximate surface area is 175 Å². The predicted molar refractivity (Wildman–Crippen MR) is 118 cm³/mol. The fraction of sp³-hybridized carbons (Fsp3) is 0.292. The minimum absolute atomic E-state index is 0.0413. The van der Waals surface area contributed by atoms with Crippen LogP contribution in [0.4, 0.5) is 5.82 Å². The van der Waals surface area contributed by atoms with Crippen molar-refractivity contribution in [2.75, 3.05) is 18.0 Å². The molecule has 1 aliphatic heterocycles. The van der Waals surface area contributed by atoms with Gasteiger partial charge in [-0.15, -0.1) is 0 Å². The fourth-order valence-corrected chi connectivity index (χ4v) is 4.25. The zero-order chi connectivity index (χ0) is 20.5. The lowest BCUT2D eigenvalue weighted by Crippen LogP contribution is -2.43. The normalized spacial score (nSPS) is 16.8. The highest BCUT2D eigenvalue weighted by atomic mass is 16.1. The number of fused-ring (bicyclic) bond motifs is 3. The fourth-order valence-electron chi connectivity index (χ4n) is 4.25. The molecule has 0 bridgehead atoms. The second-order valence-corrected chi connectivity index (χ2v) is 8.03. The molecular weight excluding hydrogens is 374 g/mol. The average Bonchev–Trinajstić information content (AvgIpc) is 3.28. The molecule has 30 heavy (non-hydrogen) atoms. The van der Waals surface area contributed by atoms with Gasteiger partial charge in [-0.3, -0.25) is 4.79 Å². The summed E-state index contributed by atoms with van der Waals surface area (Å²) < 4.78 is 2.13. The molecule has 1 saturated heterocycles. The van der Waals surface area contributed by atoms with Gasteiger partial charge >= 0.3 is 0 Å². The van der Waals surface area contributed by atoms with Crippen LogP contribution in [-0.2, 0) is 11.3 Å². The van der Waals surface area contributed by atoms with Crippen LogP contribution in [0.1, 0.15) is 24.0 Å². The van der Waals surface area contributed by atoms with Crippen molar-refractivity contribution in [3.05, 3.63) is 72.1 Å². The van der Waals surface area contributed by atoms with E-state index >= 15 is 0 Å². The molecule has 1 fully saturated rings. The number of nitrogens with one attached hydrogen (secondary N) is 1. The van der Waals surface area contributed by atoms with Gasteiger partial charge in [0.25, 0.3) is 0 Å². The maximum atomic E-state index is 12.9. The van der Waals surface area contributed by atoms with E-state index in [4.69, 9.17) is 4.98 Å². The minimum atomic E-state index is -0.0413. The maximum Gasteiger partial charge on any atom is 0.225 e.